The summed E-state index contributed by atoms with van der Waals surface area (Å²) < 4.78 is 26.4. The van der Waals surface area contributed by atoms with Crippen molar-refractivity contribution in [2.75, 3.05) is 0 Å². The zero-order valence-electron chi connectivity index (χ0n) is 10.4. The van der Waals surface area contributed by atoms with Crippen LogP contribution in [-0.2, 0) is 0 Å². The molecule has 19 heavy (non-hydrogen) atoms. The summed E-state index contributed by atoms with van der Waals surface area (Å²) in [7, 11) is 0. The molecule has 0 spiro atoms. The normalized spacial score (nSPS) is 12.2. The van der Waals surface area contributed by atoms with Gasteiger partial charge >= 0.3 is 0 Å². The van der Waals surface area contributed by atoms with Crippen molar-refractivity contribution in [3.63, 3.8) is 0 Å². The van der Waals surface area contributed by atoms with Crippen LogP contribution < -0.4 is 5.32 Å². The summed E-state index contributed by atoms with van der Waals surface area (Å²) in [5.41, 5.74) is 0.395. The largest absolute Gasteiger partial charge is 0.344 e. The Morgan fingerprint density at radius 1 is 1.42 bits per heavy atom. The third kappa shape index (κ3) is 3.14. The number of benzene rings is 1. The van der Waals surface area contributed by atoms with E-state index < -0.39 is 17.5 Å². The Balaban J connectivity index is 2.15. The molecule has 0 bridgehead atoms. The summed E-state index contributed by atoms with van der Waals surface area (Å²) in [5, 5.41) is 5.30. The SMILES string of the molecule is Cc1nc(C(C)NC(=O)c2cc(F)ccc2F)cs1. The van der Waals surface area contributed by atoms with E-state index in [9.17, 15) is 13.6 Å². The summed E-state index contributed by atoms with van der Waals surface area (Å²) in [6.07, 6.45) is 0. The van der Waals surface area contributed by atoms with Crippen molar-refractivity contribution in [2.45, 2.75) is 19.9 Å². The Morgan fingerprint density at radius 2 is 2.16 bits per heavy atom. The second kappa shape index (κ2) is 5.44. The Bertz CT molecular complexity index is 612. The zero-order chi connectivity index (χ0) is 14.0. The molecule has 1 amide bonds. The van der Waals surface area contributed by atoms with Gasteiger partial charge in [-0.1, -0.05) is 0 Å². The fourth-order valence-electron chi connectivity index (χ4n) is 1.60. The molecule has 0 aliphatic heterocycles. The Kier molecular flexibility index (Phi) is 3.90. The average molecular weight is 282 g/mol. The Hall–Kier alpha value is -1.82. The highest BCUT2D eigenvalue weighted by molar-refractivity contribution is 7.09. The molecule has 0 radical (unpaired) electrons. The standard InChI is InChI=1S/C13H12F2N2OS/c1-7(12-6-19-8(2)17-12)16-13(18)10-5-9(14)3-4-11(10)15/h3-7H,1-2H3,(H,16,18). The predicted octanol–water partition coefficient (Wildman–Crippen LogP) is 3.22. The number of carbonyl (C=O) groups excluding carboxylic acids is 1. The quantitative estimate of drug-likeness (QED) is 0.939. The van der Waals surface area contributed by atoms with Crippen molar-refractivity contribution in [3.8, 4) is 0 Å². The third-order valence-electron chi connectivity index (χ3n) is 2.60. The first-order valence-electron chi connectivity index (χ1n) is 5.65. The highest BCUT2D eigenvalue weighted by Gasteiger charge is 2.17. The summed E-state index contributed by atoms with van der Waals surface area (Å²) in [6.45, 7) is 3.60. The lowest BCUT2D eigenvalue weighted by atomic mass is 10.1. The third-order valence-corrected chi connectivity index (χ3v) is 3.39. The highest BCUT2D eigenvalue weighted by atomic mass is 32.1. The van der Waals surface area contributed by atoms with Crippen molar-refractivity contribution in [1.29, 1.82) is 0 Å². The molecule has 1 aromatic heterocycles. The van der Waals surface area contributed by atoms with Crippen LogP contribution in [0.1, 0.15) is 34.0 Å². The Labute approximate surface area is 113 Å². The van der Waals surface area contributed by atoms with Gasteiger partial charge in [0.15, 0.2) is 0 Å². The van der Waals surface area contributed by atoms with E-state index in [0.717, 1.165) is 23.2 Å². The lowest BCUT2D eigenvalue weighted by molar-refractivity contribution is 0.0934. The van der Waals surface area contributed by atoms with Crippen LogP contribution in [0.5, 0.6) is 0 Å². The van der Waals surface area contributed by atoms with Gasteiger partial charge in [0.2, 0.25) is 0 Å². The number of rotatable bonds is 3. The van der Waals surface area contributed by atoms with Gasteiger partial charge in [-0.25, -0.2) is 13.8 Å². The van der Waals surface area contributed by atoms with Crippen molar-refractivity contribution < 1.29 is 13.6 Å². The first-order valence-corrected chi connectivity index (χ1v) is 6.53. The first-order chi connectivity index (χ1) is 8.97. The minimum atomic E-state index is -0.749. The molecule has 2 rings (SSSR count). The van der Waals surface area contributed by atoms with Gasteiger partial charge in [-0.05, 0) is 32.0 Å². The molecule has 6 heteroatoms. The second-order valence-corrected chi connectivity index (χ2v) is 5.17. The van der Waals surface area contributed by atoms with Crippen LogP contribution >= 0.6 is 11.3 Å². The molecule has 100 valence electrons. The van der Waals surface area contributed by atoms with Gasteiger partial charge in [-0.2, -0.15) is 0 Å². The van der Waals surface area contributed by atoms with Crippen LogP contribution in [-0.4, -0.2) is 10.9 Å². The van der Waals surface area contributed by atoms with Crippen LogP contribution in [0.15, 0.2) is 23.6 Å². The fourth-order valence-corrected chi connectivity index (χ4v) is 2.31. The van der Waals surface area contributed by atoms with Gasteiger partial charge in [0.1, 0.15) is 11.6 Å². The van der Waals surface area contributed by atoms with Crippen LogP contribution in [0.4, 0.5) is 8.78 Å². The number of halogens is 2. The van der Waals surface area contributed by atoms with Crippen LogP contribution in [0.2, 0.25) is 0 Å². The average Bonchev–Trinajstić information content (AvgIpc) is 2.79. The molecular formula is C13H12F2N2OS. The minimum Gasteiger partial charge on any atom is -0.344 e. The summed E-state index contributed by atoms with van der Waals surface area (Å²) in [4.78, 5) is 16.1. The number of nitrogens with one attached hydrogen (secondary N) is 1. The number of aromatic nitrogens is 1. The van der Waals surface area contributed by atoms with E-state index >= 15 is 0 Å². The van der Waals surface area contributed by atoms with E-state index in [2.05, 4.69) is 10.3 Å². The number of carbonyl (C=O) groups is 1. The van der Waals surface area contributed by atoms with Crippen LogP contribution in [0.25, 0.3) is 0 Å². The minimum absolute atomic E-state index is 0.307. The lowest BCUT2D eigenvalue weighted by Crippen LogP contribution is -2.27. The van der Waals surface area contributed by atoms with E-state index in [-0.39, 0.29) is 11.6 Å². The van der Waals surface area contributed by atoms with Gasteiger partial charge < -0.3 is 5.32 Å². The van der Waals surface area contributed by atoms with Gasteiger partial charge in [0, 0.05) is 5.38 Å². The molecule has 0 fully saturated rings. The zero-order valence-corrected chi connectivity index (χ0v) is 11.2. The number of thiazole rings is 1. The number of nitrogens with zero attached hydrogens (tertiary/aromatic N) is 1. The highest BCUT2D eigenvalue weighted by Crippen LogP contribution is 2.17. The molecule has 1 aromatic carbocycles. The van der Waals surface area contributed by atoms with E-state index in [4.69, 9.17) is 0 Å². The van der Waals surface area contributed by atoms with Gasteiger partial charge in [-0.3, -0.25) is 4.79 Å². The smallest absolute Gasteiger partial charge is 0.254 e. The Morgan fingerprint density at radius 3 is 2.79 bits per heavy atom. The number of aryl methyl sites for hydroxylation is 1. The molecule has 0 saturated carbocycles. The van der Waals surface area contributed by atoms with Gasteiger partial charge in [-0.15, -0.1) is 11.3 Å². The number of hydrogen-bond acceptors (Lipinski definition) is 3. The molecule has 2 aromatic rings. The maximum Gasteiger partial charge on any atom is 0.254 e. The van der Waals surface area contributed by atoms with Crippen molar-refractivity contribution in [3.05, 3.63) is 51.5 Å². The van der Waals surface area contributed by atoms with Gasteiger partial charge in [0.25, 0.3) is 5.91 Å². The summed E-state index contributed by atoms with van der Waals surface area (Å²) in [6, 6.07) is 2.42. The van der Waals surface area contributed by atoms with Crippen LogP contribution in [0.3, 0.4) is 0 Å². The lowest BCUT2D eigenvalue weighted by Gasteiger charge is -2.12. The molecule has 0 saturated heterocycles. The molecule has 3 nitrogen and oxygen atoms in total. The van der Waals surface area contributed by atoms with E-state index in [0.29, 0.717) is 5.69 Å². The summed E-state index contributed by atoms with van der Waals surface area (Å²) >= 11 is 1.46. The van der Waals surface area contributed by atoms with Crippen molar-refractivity contribution in [1.82, 2.24) is 10.3 Å². The summed E-state index contributed by atoms with van der Waals surface area (Å²) in [5.74, 6) is -2.06. The monoisotopic (exact) mass is 282 g/mol. The molecule has 1 atom stereocenters. The molecule has 1 unspecified atom stereocenters. The topological polar surface area (TPSA) is 42.0 Å². The van der Waals surface area contributed by atoms with Crippen molar-refractivity contribution >= 4 is 17.2 Å². The fraction of sp³-hybridized carbons (Fsp3) is 0.231. The molecular weight excluding hydrogens is 270 g/mol. The predicted molar refractivity (Wildman–Crippen MR) is 69.1 cm³/mol. The van der Waals surface area contributed by atoms with Gasteiger partial charge in [0.05, 0.1) is 22.3 Å². The van der Waals surface area contributed by atoms with Crippen molar-refractivity contribution in [2.24, 2.45) is 0 Å². The van der Waals surface area contributed by atoms with Crippen LogP contribution in [0, 0.1) is 18.6 Å². The molecule has 1 N–H and O–H groups in total. The van der Waals surface area contributed by atoms with E-state index in [1.54, 1.807) is 6.92 Å². The number of amides is 1. The first kappa shape index (κ1) is 13.6. The molecule has 1 heterocycles. The number of hydrogen-bond donors (Lipinski definition) is 1. The van der Waals surface area contributed by atoms with E-state index in [1.165, 1.54) is 11.3 Å². The van der Waals surface area contributed by atoms with E-state index in [1.807, 2.05) is 12.3 Å². The maximum atomic E-state index is 13.4. The second-order valence-electron chi connectivity index (χ2n) is 4.11. The molecule has 0 aliphatic rings. The molecule has 0 aliphatic carbocycles. The maximum absolute atomic E-state index is 13.4.